The third-order valence-corrected chi connectivity index (χ3v) is 4.22. The molecular formula is C20H23N3O2. The van der Waals surface area contributed by atoms with Crippen molar-refractivity contribution in [1.82, 2.24) is 9.55 Å². The number of aromatic nitrogens is 2. The van der Waals surface area contributed by atoms with Gasteiger partial charge < -0.3 is 15.0 Å². The van der Waals surface area contributed by atoms with E-state index in [1.54, 1.807) is 11.5 Å². The first-order valence-electron chi connectivity index (χ1n) is 8.48. The number of benzene rings is 2. The standard InChI is InChI=1S/C20H23N3O2/c1-13(2)15-8-10-16(11-9-15)21-19(25)12-23-18-7-5-4-6-17(18)22-20(23)14(3)24/h4-11,13-14,24H,12H2,1-3H3,(H,21,25). The van der Waals surface area contributed by atoms with Crippen LogP contribution in [0.5, 0.6) is 0 Å². The zero-order valence-corrected chi connectivity index (χ0v) is 14.7. The molecule has 0 bridgehead atoms. The first-order chi connectivity index (χ1) is 12.0. The van der Waals surface area contributed by atoms with Gasteiger partial charge in [-0.3, -0.25) is 4.79 Å². The van der Waals surface area contributed by atoms with Gasteiger partial charge in [-0.25, -0.2) is 4.98 Å². The lowest BCUT2D eigenvalue weighted by molar-refractivity contribution is -0.116. The lowest BCUT2D eigenvalue weighted by Crippen LogP contribution is -2.20. The number of aliphatic hydroxyl groups excluding tert-OH is 1. The Hall–Kier alpha value is -2.66. The van der Waals surface area contributed by atoms with Crippen LogP contribution in [0, 0.1) is 0 Å². The van der Waals surface area contributed by atoms with Crippen LogP contribution in [0.2, 0.25) is 0 Å². The highest BCUT2D eigenvalue weighted by atomic mass is 16.3. The fourth-order valence-corrected chi connectivity index (χ4v) is 2.87. The normalized spacial score (nSPS) is 12.5. The lowest BCUT2D eigenvalue weighted by atomic mass is 10.0. The molecule has 3 aromatic rings. The molecule has 0 saturated carbocycles. The molecule has 0 aliphatic rings. The van der Waals surface area contributed by atoms with Gasteiger partial charge in [-0.15, -0.1) is 0 Å². The number of carbonyl (C=O) groups is 1. The van der Waals surface area contributed by atoms with E-state index in [1.807, 2.05) is 48.5 Å². The molecule has 1 unspecified atom stereocenters. The molecular weight excluding hydrogens is 314 g/mol. The van der Waals surface area contributed by atoms with Crippen LogP contribution < -0.4 is 5.32 Å². The van der Waals surface area contributed by atoms with Crippen molar-refractivity contribution < 1.29 is 9.90 Å². The highest BCUT2D eigenvalue weighted by molar-refractivity contribution is 5.91. The zero-order chi connectivity index (χ0) is 18.0. The summed E-state index contributed by atoms with van der Waals surface area (Å²) in [6.45, 7) is 6.03. The quantitative estimate of drug-likeness (QED) is 0.743. The van der Waals surface area contributed by atoms with Crippen molar-refractivity contribution in [2.24, 2.45) is 0 Å². The van der Waals surface area contributed by atoms with Crippen LogP contribution in [0.15, 0.2) is 48.5 Å². The number of rotatable bonds is 5. The monoisotopic (exact) mass is 337 g/mol. The summed E-state index contributed by atoms with van der Waals surface area (Å²) in [5.74, 6) is 0.796. The average molecular weight is 337 g/mol. The summed E-state index contributed by atoms with van der Waals surface area (Å²) in [6, 6.07) is 15.4. The Morgan fingerprint density at radius 2 is 1.80 bits per heavy atom. The minimum atomic E-state index is -0.745. The van der Waals surface area contributed by atoms with Gasteiger partial charge >= 0.3 is 0 Å². The summed E-state index contributed by atoms with van der Waals surface area (Å²) >= 11 is 0. The number of carbonyl (C=O) groups excluding carboxylic acids is 1. The van der Waals surface area contributed by atoms with Crippen molar-refractivity contribution in [3.8, 4) is 0 Å². The number of aliphatic hydroxyl groups is 1. The van der Waals surface area contributed by atoms with Crippen LogP contribution in [-0.2, 0) is 11.3 Å². The number of imidazole rings is 1. The molecule has 5 heteroatoms. The molecule has 1 aromatic heterocycles. The minimum Gasteiger partial charge on any atom is -0.385 e. The molecule has 130 valence electrons. The summed E-state index contributed by atoms with van der Waals surface area (Å²) in [7, 11) is 0. The van der Waals surface area contributed by atoms with Gasteiger partial charge in [-0.1, -0.05) is 38.1 Å². The second-order valence-electron chi connectivity index (χ2n) is 6.55. The van der Waals surface area contributed by atoms with Crippen molar-refractivity contribution in [3.63, 3.8) is 0 Å². The van der Waals surface area contributed by atoms with E-state index < -0.39 is 6.10 Å². The highest BCUT2D eigenvalue weighted by Crippen LogP contribution is 2.21. The van der Waals surface area contributed by atoms with Crippen molar-refractivity contribution in [1.29, 1.82) is 0 Å². The Morgan fingerprint density at radius 3 is 2.44 bits per heavy atom. The summed E-state index contributed by atoms with van der Waals surface area (Å²) in [4.78, 5) is 16.9. The molecule has 1 atom stereocenters. The van der Waals surface area contributed by atoms with E-state index in [0.29, 0.717) is 11.7 Å². The summed E-state index contributed by atoms with van der Waals surface area (Å²) < 4.78 is 1.76. The fraction of sp³-hybridized carbons (Fsp3) is 0.300. The van der Waals surface area contributed by atoms with Crippen molar-refractivity contribution >= 4 is 22.6 Å². The number of amides is 1. The van der Waals surface area contributed by atoms with Crippen LogP contribution in [-0.4, -0.2) is 20.6 Å². The van der Waals surface area contributed by atoms with Gasteiger partial charge in [0.2, 0.25) is 5.91 Å². The molecule has 0 radical (unpaired) electrons. The first-order valence-corrected chi connectivity index (χ1v) is 8.48. The van der Waals surface area contributed by atoms with Gasteiger partial charge in [0.25, 0.3) is 0 Å². The molecule has 0 aliphatic heterocycles. The molecule has 2 aromatic carbocycles. The maximum Gasteiger partial charge on any atom is 0.244 e. The van der Waals surface area contributed by atoms with Crippen LogP contribution in [0.3, 0.4) is 0 Å². The molecule has 0 aliphatic carbocycles. The molecule has 3 rings (SSSR count). The number of anilines is 1. The third kappa shape index (κ3) is 3.72. The number of hydrogen-bond donors (Lipinski definition) is 2. The lowest BCUT2D eigenvalue weighted by Gasteiger charge is -2.12. The van der Waals surface area contributed by atoms with E-state index >= 15 is 0 Å². The van der Waals surface area contributed by atoms with Gasteiger partial charge in [0.1, 0.15) is 18.5 Å². The number of hydrogen-bond acceptors (Lipinski definition) is 3. The predicted octanol–water partition coefficient (Wildman–Crippen LogP) is 3.85. The van der Waals surface area contributed by atoms with Crippen LogP contribution in [0.1, 0.15) is 44.2 Å². The average Bonchev–Trinajstić information content (AvgIpc) is 2.94. The third-order valence-electron chi connectivity index (χ3n) is 4.22. The van der Waals surface area contributed by atoms with E-state index in [4.69, 9.17) is 0 Å². The van der Waals surface area contributed by atoms with Gasteiger partial charge in [0, 0.05) is 5.69 Å². The van der Waals surface area contributed by atoms with E-state index in [2.05, 4.69) is 24.1 Å². The molecule has 25 heavy (non-hydrogen) atoms. The number of para-hydroxylation sites is 2. The van der Waals surface area contributed by atoms with Crippen molar-refractivity contribution in [2.75, 3.05) is 5.32 Å². The second kappa shape index (κ2) is 7.07. The Kier molecular flexibility index (Phi) is 4.86. The highest BCUT2D eigenvalue weighted by Gasteiger charge is 2.16. The van der Waals surface area contributed by atoms with Gasteiger partial charge in [0.15, 0.2) is 0 Å². The topological polar surface area (TPSA) is 67.2 Å². The molecule has 1 heterocycles. The summed E-state index contributed by atoms with van der Waals surface area (Å²) in [5.41, 5.74) is 3.60. The number of nitrogens with zero attached hydrogens (tertiary/aromatic N) is 2. The fourth-order valence-electron chi connectivity index (χ4n) is 2.87. The van der Waals surface area contributed by atoms with Crippen LogP contribution >= 0.6 is 0 Å². The Balaban J connectivity index is 1.81. The van der Waals surface area contributed by atoms with Crippen LogP contribution in [0.25, 0.3) is 11.0 Å². The molecule has 0 saturated heterocycles. The van der Waals surface area contributed by atoms with Gasteiger partial charge in [0.05, 0.1) is 11.0 Å². The number of fused-ring (bicyclic) bond motifs is 1. The molecule has 0 spiro atoms. The van der Waals surface area contributed by atoms with Gasteiger partial charge in [-0.05, 0) is 42.7 Å². The maximum atomic E-state index is 12.5. The first kappa shape index (κ1) is 17.2. The minimum absolute atomic E-state index is 0.104. The Bertz CT molecular complexity index is 880. The molecule has 0 fully saturated rings. The second-order valence-corrected chi connectivity index (χ2v) is 6.55. The Labute approximate surface area is 147 Å². The van der Waals surface area contributed by atoms with Gasteiger partial charge in [-0.2, -0.15) is 0 Å². The van der Waals surface area contributed by atoms with Crippen molar-refractivity contribution in [3.05, 3.63) is 59.9 Å². The van der Waals surface area contributed by atoms with E-state index in [-0.39, 0.29) is 12.5 Å². The Morgan fingerprint density at radius 1 is 1.12 bits per heavy atom. The molecule has 2 N–H and O–H groups in total. The zero-order valence-electron chi connectivity index (χ0n) is 14.7. The van der Waals surface area contributed by atoms with E-state index in [1.165, 1.54) is 5.56 Å². The largest absolute Gasteiger partial charge is 0.385 e. The van der Waals surface area contributed by atoms with Crippen molar-refractivity contribution in [2.45, 2.75) is 39.3 Å². The van der Waals surface area contributed by atoms with E-state index in [9.17, 15) is 9.90 Å². The summed E-state index contributed by atoms with van der Waals surface area (Å²) in [6.07, 6.45) is -0.745. The predicted molar refractivity (Wildman–Crippen MR) is 99.5 cm³/mol. The molecule has 1 amide bonds. The number of nitrogens with one attached hydrogen (secondary N) is 1. The maximum absolute atomic E-state index is 12.5. The van der Waals surface area contributed by atoms with Crippen LogP contribution in [0.4, 0.5) is 5.69 Å². The molecule has 5 nitrogen and oxygen atoms in total. The summed E-state index contributed by atoms with van der Waals surface area (Å²) in [5, 5.41) is 12.9. The smallest absolute Gasteiger partial charge is 0.244 e. The SMILES string of the molecule is CC(C)c1ccc(NC(=O)Cn2c(C(C)O)nc3ccccc32)cc1. The van der Waals surface area contributed by atoms with E-state index in [0.717, 1.165) is 16.7 Å².